The lowest BCUT2D eigenvalue weighted by molar-refractivity contribution is -0.137. The van der Waals surface area contributed by atoms with Crippen molar-refractivity contribution in [3.8, 4) is 22.8 Å². The van der Waals surface area contributed by atoms with E-state index in [9.17, 15) is 13.2 Å². The third-order valence-electron chi connectivity index (χ3n) is 6.56. The SMILES string of the molecule is COc1cc2c(Nc3cc(-c4cccc(C(F)(F)F)c4)[nH]n3)ncnc2cc1OCC1CCN(C)CC1. The number of nitrogens with zero attached hydrogens (tertiary/aromatic N) is 4. The van der Waals surface area contributed by atoms with E-state index in [1.165, 1.54) is 12.4 Å². The van der Waals surface area contributed by atoms with Crippen LogP contribution in [0.25, 0.3) is 22.2 Å². The molecule has 1 saturated heterocycles. The summed E-state index contributed by atoms with van der Waals surface area (Å²) < 4.78 is 51.0. The van der Waals surface area contributed by atoms with Crippen LogP contribution in [0.1, 0.15) is 18.4 Å². The lowest BCUT2D eigenvalue weighted by atomic mass is 9.98. The second-order valence-corrected chi connectivity index (χ2v) is 9.17. The minimum absolute atomic E-state index is 0.371. The fourth-order valence-corrected chi connectivity index (χ4v) is 4.39. The summed E-state index contributed by atoms with van der Waals surface area (Å²) in [5.41, 5.74) is 0.743. The maximum Gasteiger partial charge on any atom is 0.416 e. The van der Waals surface area contributed by atoms with Gasteiger partial charge >= 0.3 is 6.18 Å². The molecule has 0 atom stereocenters. The van der Waals surface area contributed by atoms with E-state index in [-0.39, 0.29) is 0 Å². The number of aromatic nitrogens is 4. The predicted molar refractivity (Wildman–Crippen MR) is 134 cm³/mol. The molecule has 37 heavy (non-hydrogen) atoms. The molecule has 194 valence electrons. The molecule has 0 saturated carbocycles. The first-order chi connectivity index (χ1) is 17.8. The number of H-pyrrole nitrogens is 1. The van der Waals surface area contributed by atoms with Crippen LogP contribution in [0.15, 0.2) is 48.8 Å². The number of aromatic amines is 1. The fourth-order valence-electron chi connectivity index (χ4n) is 4.39. The van der Waals surface area contributed by atoms with Crippen molar-refractivity contribution in [1.82, 2.24) is 25.1 Å². The molecule has 0 amide bonds. The van der Waals surface area contributed by atoms with E-state index in [0.717, 1.165) is 38.1 Å². The van der Waals surface area contributed by atoms with E-state index in [0.29, 0.717) is 57.8 Å². The first-order valence-electron chi connectivity index (χ1n) is 11.9. The molecule has 3 heterocycles. The Labute approximate surface area is 211 Å². The molecule has 2 N–H and O–H groups in total. The first kappa shape index (κ1) is 24.8. The number of hydrogen-bond acceptors (Lipinski definition) is 7. The van der Waals surface area contributed by atoms with Crippen LogP contribution in [0.4, 0.5) is 24.8 Å². The molecular formula is C26H27F3N6O2. The lowest BCUT2D eigenvalue weighted by Gasteiger charge is -2.28. The molecule has 8 nitrogen and oxygen atoms in total. The smallest absolute Gasteiger partial charge is 0.416 e. The maximum atomic E-state index is 13.1. The van der Waals surface area contributed by atoms with Crippen molar-refractivity contribution in [2.45, 2.75) is 19.0 Å². The molecule has 2 aromatic carbocycles. The minimum atomic E-state index is -4.42. The molecule has 0 spiro atoms. The Bertz CT molecular complexity index is 1380. The molecule has 0 aliphatic carbocycles. The highest BCUT2D eigenvalue weighted by atomic mass is 19.4. The third kappa shape index (κ3) is 5.61. The number of likely N-dealkylation sites (tertiary alicyclic amines) is 1. The van der Waals surface area contributed by atoms with E-state index in [2.05, 4.69) is 37.4 Å². The van der Waals surface area contributed by atoms with Crippen LogP contribution in [-0.4, -0.2) is 58.9 Å². The summed E-state index contributed by atoms with van der Waals surface area (Å²) in [6, 6.07) is 10.3. The Morgan fingerprint density at radius 3 is 2.65 bits per heavy atom. The van der Waals surface area contributed by atoms with Gasteiger partial charge in [0.2, 0.25) is 0 Å². The van der Waals surface area contributed by atoms with E-state index in [1.807, 2.05) is 12.1 Å². The van der Waals surface area contributed by atoms with Gasteiger partial charge in [-0.2, -0.15) is 18.3 Å². The highest BCUT2D eigenvalue weighted by molar-refractivity contribution is 5.93. The molecule has 5 rings (SSSR count). The van der Waals surface area contributed by atoms with E-state index >= 15 is 0 Å². The van der Waals surface area contributed by atoms with Crippen molar-refractivity contribution in [3.63, 3.8) is 0 Å². The number of anilines is 2. The summed E-state index contributed by atoms with van der Waals surface area (Å²) >= 11 is 0. The molecule has 0 radical (unpaired) electrons. The molecule has 0 bridgehead atoms. The van der Waals surface area contributed by atoms with Crippen molar-refractivity contribution in [1.29, 1.82) is 0 Å². The zero-order valence-electron chi connectivity index (χ0n) is 20.5. The second-order valence-electron chi connectivity index (χ2n) is 9.17. The van der Waals surface area contributed by atoms with Crippen LogP contribution in [0.5, 0.6) is 11.5 Å². The first-order valence-corrected chi connectivity index (χ1v) is 11.9. The second kappa shape index (κ2) is 10.3. The van der Waals surface area contributed by atoms with Gasteiger partial charge in [-0.1, -0.05) is 12.1 Å². The number of rotatable bonds is 7. The van der Waals surface area contributed by atoms with Gasteiger partial charge in [0, 0.05) is 23.1 Å². The van der Waals surface area contributed by atoms with Gasteiger partial charge in [0.1, 0.15) is 12.1 Å². The number of piperidine rings is 1. The Kier molecular flexibility index (Phi) is 6.88. The summed E-state index contributed by atoms with van der Waals surface area (Å²) in [5, 5.41) is 10.8. The molecule has 1 aliphatic heterocycles. The number of alkyl halides is 3. The number of nitrogens with one attached hydrogen (secondary N) is 2. The van der Waals surface area contributed by atoms with Gasteiger partial charge in [-0.3, -0.25) is 5.10 Å². The monoisotopic (exact) mass is 512 g/mol. The Hall–Kier alpha value is -3.86. The van der Waals surface area contributed by atoms with Gasteiger partial charge in [0.05, 0.1) is 30.5 Å². The fraction of sp³-hybridized carbons (Fsp3) is 0.346. The van der Waals surface area contributed by atoms with E-state index in [4.69, 9.17) is 9.47 Å². The molecular weight excluding hydrogens is 485 g/mol. The van der Waals surface area contributed by atoms with Crippen LogP contribution in [0, 0.1) is 5.92 Å². The van der Waals surface area contributed by atoms with E-state index in [1.54, 1.807) is 19.2 Å². The number of methoxy groups -OCH3 is 1. The zero-order chi connectivity index (χ0) is 26.0. The van der Waals surface area contributed by atoms with Crippen LogP contribution in [0.3, 0.4) is 0 Å². The Morgan fingerprint density at radius 1 is 1.08 bits per heavy atom. The van der Waals surface area contributed by atoms with Gasteiger partial charge in [-0.25, -0.2) is 9.97 Å². The van der Waals surface area contributed by atoms with Gasteiger partial charge in [-0.05, 0) is 57.1 Å². The van der Waals surface area contributed by atoms with Gasteiger partial charge in [-0.15, -0.1) is 0 Å². The van der Waals surface area contributed by atoms with Crippen LogP contribution in [-0.2, 0) is 6.18 Å². The molecule has 2 aromatic heterocycles. The van der Waals surface area contributed by atoms with Crippen LogP contribution in [0.2, 0.25) is 0 Å². The van der Waals surface area contributed by atoms with E-state index < -0.39 is 11.7 Å². The molecule has 4 aromatic rings. The van der Waals surface area contributed by atoms with Crippen molar-refractivity contribution < 1.29 is 22.6 Å². The topological polar surface area (TPSA) is 88.2 Å². The van der Waals surface area contributed by atoms with Crippen molar-refractivity contribution in [2.75, 3.05) is 39.2 Å². The number of benzene rings is 2. The Morgan fingerprint density at radius 2 is 1.89 bits per heavy atom. The number of fused-ring (bicyclic) bond motifs is 1. The molecule has 1 aliphatic rings. The van der Waals surface area contributed by atoms with Crippen molar-refractivity contribution in [2.24, 2.45) is 5.92 Å². The highest BCUT2D eigenvalue weighted by Crippen LogP contribution is 2.36. The maximum absolute atomic E-state index is 13.1. The summed E-state index contributed by atoms with van der Waals surface area (Å²) in [6.07, 6.45) is -0.812. The quantitative estimate of drug-likeness (QED) is 0.338. The molecule has 0 unspecified atom stereocenters. The average molecular weight is 513 g/mol. The normalized spacial score (nSPS) is 15.2. The highest BCUT2D eigenvalue weighted by Gasteiger charge is 2.30. The number of halogens is 3. The summed E-state index contributed by atoms with van der Waals surface area (Å²) in [6.45, 7) is 2.74. The van der Waals surface area contributed by atoms with Gasteiger partial charge < -0.3 is 19.7 Å². The largest absolute Gasteiger partial charge is 0.493 e. The summed E-state index contributed by atoms with van der Waals surface area (Å²) in [5.74, 6) is 2.54. The van der Waals surface area contributed by atoms with Crippen molar-refractivity contribution in [3.05, 3.63) is 54.4 Å². The number of ether oxygens (including phenoxy) is 2. The van der Waals surface area contributed by atoms with Crippen LogP contribution >= 0.6 is 0 Å². The Balaban J connectivity index is 1.36. The number of hydrogen-bond donors (Lipinski definition) is 2. The van der Waals surface area contributed by atoms with Gasteiger partial charge in [0.25, 0.3) is 0 Å². The zero-order valence-corrected chi connectivity index (χ0v) is 20.5. The van der Waals surface area contributed by atoms with Crippen molar-refractivity contribution >= 4 is 22.5 Å². The predicted octanol–water partition coefficient (Wildman–Crippen LogP) is 5.51. The molecule has 1 fully saturated rings. The van der Waals surface area contributed by atoms with Gasteiger partial charge in [0.15, 0.2) is 17.3 Å². The standard InChI is InChI=1S/C26H27F3N6O2/c1-35-8-6-16(7-9-35)14-37-23-12-21-19(11-22(23)36-2)25(31-15-30-21)32-24-13-20(33-34-24)17-4-3-5-18(10-17)26(27,28)29/h3-5,10-13,15-16H,6-9,14H2,1-2H3,(H2,30,31,32,33,34). The third-order valence-corrected chi connectivity index (χ3v) is 6.56. The summed E-state index contributed by atoms with van der Waals surface area (Å²) in [4.78, 5) is 11.0. The summed E-state index contributed by atoms with van der Waals surface area (Å²) in [7, 11) is 3.71. The molecule has 11 heteroatoms. The van der Waals surface area contributed by atoms with Crippen LogP contribution < -0.4 is 14.8 Å². The minimum Gasteiger partial charge on any atom is -0.493 e. The lowest BCUT2D eigenvalue weighted by Crippen LogP contribution is -2.32. The average Bonchev–Trinajstić information content (AvgIpc) is 3.36.